The average molecular weight is 286 g/mol. The summed E-state index contributed by atoms with van der Waals surface area (Å²) in [4.78, 5) is 34.0. The largest absolute Gasteiger partial charge is 0.326 e. The number of carbonyl (C=O) groups excluding carboxylic acids is 1. The molecule has 2 aromatic carbocycles. The van der Waals surface area contributed by atoms with E-state index in [1.54, 1.807) is 19.9 Å². The van der Waals surface area contributed by atoms with Gasteiger partial charge in [0.25, 0.3) is 5.69 Å². The number of nitro benzene ring substituents is 1. The van der Waals surface area contributed by atoms with Gasteiger partial charge in [-0.3, -0.25) is 19.7 Å². The van der Waals surface area contributed by atoms with Crippen LogP contribution in [0.1, 0.15) is 18.1 Å². The number of carbonyl (C=O) groups is 1. The van der Waals surface area contributed by atoms with Crippen LogP contribution in [0.15, 0.2) is 29.1 Å². The van der Waals surface area contributed by atoms with Crippen molar-refractivity contribution in [2.45, 2.75) is 20.8 Å². The second kappa shape index (κ2) is 5.32. The van der Waals surface area contributed by atoms with Crippen LogP contribution in [-0.4, -0.2) is 10.8 Å². The molecule has 0 unspecified atom stereocenters. The molecular formula is C15H14N2O4. The standard InChI is InChI=1S/C15H14N2O4/c1-8-6-11-12(7-9(2)15(8)19)14(17(20)21)5-4-13(11)16-10(3)18/h4-7H,1-3H3,(H,16,18). The smallest absolute Gasteiger partial charge is 0.277 e. The second-order valence-electron chi connectivity index (χ2n) is 4.88. The Morgan fingerprint density at radius 3 is 2.24 bits per heavy atom. The minimum Gasteiger partial charge on any atom is -0.326 e. The summed E-state index contributed by atoms with van der Waals surface area (Å²) in [5, 5.41) is 14.6. The summed E-state index contributed by atoms with van der Waals surface area (Å²) in [7, 11) is 0. The van der Waals surface area contributed by atoms with Gasteiger partial charge in [0.05, 0.1) is 10.3 Å². The van der Waals surface area contributed by atoms with Crippen molar-refractivity contribution in [1.82, 2.24) is 0 Å². The van der Waals surface area contributed by atoms with Gasteiger partial charge in [-0.2, -0.15) is 0 Å². The van der Waals surface area contributed by atoms with Crippen molar-refractivity contribution in [2.75, 3.05) is 5.32 Å². The molecule has 0 atom stereocenters. The van der Waals surface area contributed by atoms with E-state index in [4.69, 9.17) is 0 Å². The van der Waals surface area contributed by atoms with Gasteiger partial charge in [0.2, 0.25) is 5.91 Å². The molecule has 0 heterocycles. The first kappa shape index (κ1) is 14.6. The number of rotatable bonds is 2. The molecule has 0 radical (unpaired) electrons. The highest BCUT2D eigenvalue weighted by Crippen LogP contribution is 2.31. The summed E-state index contributed by atoms with van der Waals surface area (Å²) in [5.74, 6) is -0.284. The van der Waals surface area contributed by atoms with Crippen molar-refractivity contribution < 1.29 is 9.72 Å². The van der Waals surface area contributed by atoms with E-state index in [1.165, 1.54) is 25.1 Å². The number of hydrogen-bond acceptors (Lipinski definition) is 4. The quantitative estimate of drug-likeness (QED) is 0.679. The molecule has 2 rings (SSSR count). The number of benzene rings is 1. The average Bonchev–Trinajstić information content (AvgIpc) is 2.49. The summed E-state index contributed by atoms with van der Waals surface area (Å²) >= 11 is 0. The van der Waals surface area contributed by atoms with Gasteiger partial charge in [0.15, 0.2) is 5.43 Å². The van der Waals surface area contributed by atoms with Crippen molar-refractivity contribution in [3.63, 3.8) is 0 Å². The van der Waals surface area contributed by atoms with Crippen LogP contribution >= 0.6 is 0 Å². The summed E-state index contributed by atoms with van der Waals surface area (Å²) in [6.07, 6.45) is 0. The molecule has 0 bridgehead atoms. The summed E-state index contributed by atoms with van der Waals surface area (Å²) in [5.41, 5.74) is 1.06. The predicted molar refractivity (Wildman–Crippen MR) is 80.7 cm³/mol. The molecule has 2 aromatic rings. The molecule has 0 spiro atoms. The van der Waals surface area contributed by atoms with Gasteiger partial charge in [-0.25, -0.2) is 0 Å². The van der Waals surface area contributed by atoms with Gasteiger partial charge >= 0.3 is 0 Å². The normalized spacial score (nSPS) is 10.4. The number of fused-ring (bicyclic) bond motifs is 1. The van der Waals surface area contributed by atoms with Crippen LogP contribution in [0.3, 0.4) is 0 Å². The Balaban J connectivity index is 3.00. The lowest BCUT2D eigenvalue weighted by molar-refractivity contribution is -0.383. The van der Waals surface area contributed by atoms with Crippen LogP contribution in [-0.2, 0) is 4.79 Å². The van der Waals surface area contributed by atoms with E-state index in [1.807, 2.05) is 0 Å². The monoisotopic (exact) mass is 286 g/mol. The Labute approximate surface area is 120 Å². The Morgan fingerprint density at radius 2 is 1.71 bits per heavy atom. The fourth-order valence-corrected chi connectivity index (χ4v) is 2.27. The second-order valence-corrected chi connectivity index (χ2v) is 4.88. The van der Waals surface area contributed by atoms with Gasteiger partial charge in [0.1, 0.15) is 0 Å². The number of non-ortho nitro benzene ring substituents is 1. The van der Waals surface area contributed by atoms with Gasteiger partial charge in [0, 0.05) is 24.1 Å². The van der Waals surface area contributed by atoms with Gasteiger partial charge in [-0.05, 0) is 43.2 Å². The molecule has 0 aliphatic heterocycles. The fourth-order valence-electron chi connectivity index (χ4n) is 2.27. The third-order valence-electron chi connectivity index (χ3n) is 3.21. The van der Waals surface area contributed by atoms with Crippen molar-refractivity contribution in [2.24, 2.45) is 0 Å². The number of amides is 1. The molecule has 0 fully saturated rings. The maximum atomic E-state index is 12.0. The van der Waals surface area contributed by atoms with Crippen LogP contribution < -0.4 is 10.7 Å². The van der Waals surface area contributed by atoms with Crippen molar-refractivity contribution >= 4 is 28.1 Å². The van der Waals surface area contributed by atoms with Crippen LogP contribution in [0.4, 0.5) is 11.4 Å². The molecule has 1 amide bonds. The maximum Gasteiger partial charge on any atom is 0.277 e. The van der Waals surface area contributed by atoms with Gasteiger partial charge in [-0.1, -0.05) is 0 Å². The number of hydrogen-bond donors (Lipinski definition) is 1. The van der Waals surface area contributed by atoms with Crippen LogP contribution in [0, 0.1) is 24.0 Å². The molecule has 0 aromatic heterocycles. The molecule has 21 heavy (non-hydrogen) atoms. The third-order valence-corrected chi connectivity index (χ3v) is 3.21. The van der Waals surface area contributed by atoms with Crippen LogP contribution in [0.25, 0.3) is 10.8 Å². The zero-order valence-electron chi connectivity index (χ0n) is 11.9. The predicted octanol–water partition coefficient (Wildman–Crippen LogP) is 2.68. The molecule has 0 saturated heterocycles. The highest BCUT2D eigenvalue weighted by atomic mass is 16.6. The molecule has 0 aliphatic rings. The lowest BCUT2D eigenvalue weighted by atomic mass is 10.1. The molecule has 0 saturated carbocycles. The maximum absolute atomic E-state index is 12.0. The zero-order valence-corrected chi connectivity index (χ0v) is 11.9. The number of aryl methyl sites for hydroxylation is 2. The highest BCUT2D eigenvalue weighted by molar-refractivity contribution is 6.04. The molecule has 6 nitrogen and oxygen atoms in total. The Kier molecular flexibility index (Phi) is 3.71. The molecule has 0 aliphatic carbocycles. The number of nitrogens with one attached hydrogen (secondary N) is 1. The number of anilines is 1. The lowest BCUT2D eigenvalue weighted by Gasteiger charge is -2.06. The molecule has 108 valence electrons. The fraction of sp³-hybridized carbons (Fsp3) is 0.200. The summed E-state index contributed by atoms with van der Waals surface area (Å²) < 4.78 is 0. The number of nitro groups is 1. The van der Waals surface area contributed by atoms with Crippen molar-refractivity contribution in [3.8, 4) is 0 Å². The lowest BCUT2D eigenvalue weighted by Crippen LogP contribution is -2.06. The Bertz CT molecular complexity index is 828. The first-order valence-corrected chi connectivity index (χ1v) is 6.31. The summed E-state index contributed by atoms with van der Waals surface area (Å²) in [6, 6.07) is 5.87. The van der Waals surface area contributed by atoms with Crippen molar-refractivity contribution in [1.29, 1.82) is 0 Å². The van der Waals surface area contributed by atoms with E-state index in [-0.39, 0.29) is 17.0 Å². The van der Waals surface area contributed by atoms with E-state index in [2.05, 4.69) is 5.32 Å². The first-order valence-electron chi connectivity index (χ1n) is 6.31. The van der Waals surface area contributed by atoms with E-state index < -0.39 is 4.92 Å². The SMILES string of the molecule is CC(=O)Nc1ccc([N+](=O)[O-])c2cc(C)c(=O)c(C)cc12. The Hall–Kier alpha value is -2.76. The van der Waals surface area contributed by atoms with Gasteiger partial charge < -0.3 is 5.32 Å². The first-order chi connectivity index (χ1) is 9.81. The van der Waals surface area contributed by atoms with Gasteiger partial charge in [-0.15, -0.1) is 0 Å². The molecule has 6 heteroatoms. The minimum atomic E-state index is -0.501. The van der Waals surface area contributed by atoms with E-state index >= 15 is 0 Å². The van der Waals surface area contributed by atoms with Crippen LogP contribution in [0.5, 0.6) is 0 Å². The topological polar surface area (TPSA) is 89.3 Å². The molecular weight excluding hydrogens is 272 g/mol. The van der Waals surface area contributed by atoms with E-state index in [9.17, 15) is 19.7 Å². The third kappa shape index (κ3) is 2.74. The Morgan fingerprint density at radius 1 is 1.14 bits per heavy atom. The highest BCUT2D eigenvalue weighted by Gasteiger charge is 2.15. The van der Waals surface area contributed by atoms with E-state index in [0.29, 0.717) is 27.6 Å². The van der Waals surface area contributed by atoms with Crippen LogP contribution in [0.2, 0.25) is 0 Å². The summed E-state index contributed by atoms with van der Waals surface area (Å²) in [6.45, 7) is 4.61. The molecule has 1 N–H and O–H groups in total. The van der Waals surface area contributed by atoms with E-state index in [0.717, 1.165) is 0 Å². The number of nitrogens with zero attached hydrogens (tertiary/aromatic N) is 1. The minimum absolute atomic E-state index is 0.0998. The van der Waals surface area contributed by atoms with Crippen molar-refractivity contribution in [3.05, 3.63) is 55.7 Å². The zero-order chi connectivity index (χ0) is 15.7.